The predicted molar refractivity (Wildman–Crippen MR) is 51.6 cm³/mol. The summed E-state index contributed by atoms with van der Waals surface area (Å²) in [6.07, 6.45) is 2.89. The second-order valence-corrected chi connectivity index (χ2v) is 3.93. The number of hydrogen-bond donors (Lipinski definition) is 0. The molecule has 57 valence electrons. The average Bonchev–Trinajstić information content (AvgIpc) is 2.71. The molecule has 2 heteroatoms. The van der Waals surface area contributed by atoms with Gasteiger partial charge in [0.2, 0.25) is 0 Å². The van der Waals surface area contributed by atoms with E-state index >= 15 is 0 Å². The van der Waals surface area contributed by atoms with Gasteiger partial charge in [-0.25, -0.2) is 0 Å². The van der Waals surface area contributed by atoms with Gasteiger partial charge in [0, 0.05) is 9.64 Å². The van der Waals surface area contributed by atoms with Crippen LogP contribution in [0.1, 0.15) is 12.8 Å². The molecule has 0 aliphatic heterocycles. The van der Waals surface area contributed by atoms with Crippen LogP contribution in [0, 0.1) is 9.64 Å². The summed E-state index contributed by atoms with van der Waals surface area (Å²) in [5, 5.41) is 0. The molecule has 1 nitrogen and oxygen atoms in total. The lowest BCUT2D eigenvalue weighted by atomic mass is 10.3. The smallest absolute Gasteiger partial charge is 0.128 e. The van der Waals surface area contributed by atoms with Crippen LogP contribution in [-0.4, -0.2) is 6.10 Å². The molecule has 0 saturated heterocycles. The third-order valence-electron chi connectivity index (χ3n) is 1.56. The van der Waals surface area contributed by atoms with Crippen molar-refractivity contribution in [1.82, 2.24) is 0 Å². The van der Waals surface area contributed by atoms with Gasteiger partial charge in [-0.05, 0) is 53.6 Å². The van der Waals surface area contributed by atoms with Crippen molar-refractivity contribution >= 4 is 22.6 Å². The lowest BCUT2D eigenvalue weighted by molar-refractivity contribution is 0.302. The van der Waals surface area contributed by atoms with Crippen LogP contribution in [0.25, 0.3) is 0 Å². The van der Waals surface area contributed by atoms with Crippen molar-refractivity contribution in [2.45, 2.75) is 18.9 Å². The summed E-state index contributed by atoms with van der Waals surface area (Å²) < 4.78 is 6.75. The zero-order valence-electron chi connectivity index (χ0n) is 6.01. The first-order chi connectivity index (χ1) is 5.34. The molecule has 0 heterocycles. The third-order valence-corrected chi connectivity index (χ3v) is 2.23. The van der Waals surface area contributed by atoms with Crippen LogP contribution in [0.5, 0.6) is 5.75 Å². The van der Waals surface area contributed by atoms with Gasteiger partial charge in [0.1, 0.15) is 5.75 Å². The fraction of sp³-hybridized carbons (Fsp3) is 0.333. The van der Waals surface area contributed by atoms with E-state index in [9.17, 15) is 0 Å². The van der Waals surface area contributed by atoms with Gasteiger partial charge in [0.25, 0.3) is 0 Å². The molecule has 1 aromatic carbocycles. The van der Waals surface area contributed by atoms with Gasteiger partial charge in [0.15, 0.2) is 0 Å². The summed E-state index contributed by atoms with van der Waals surface area (Å²) in [6.45, 7) is 0. The number of rotatable bonds is 2. The molecule has 0 N–H and O–H groups in total. The Balaban J connectivity index is 2.10. The van der Waals surface area contributed by atoms with Crippen molar-refractivity contribution in [3.63, 3.8) is 0 Å². The van der Waals surface area contributed by atoms with Crippen molar-refractivity contribution < 1.29 is 4.74 Å². The lowest BCUT2D eigenvalue weighted by Crippen LogP contribution is -1.95. The highest BCUT2D eigenvalue weighted by atomic mass is 127. The second-order valence-electron chi connectivity index (χ2n) is 2.69. The highest BCUT2D eigenvalue weighted by Crippen LogP contribution is 2.26. The average molecular weight is 259 g/mol. The van der Waals surface area contributed by atoms with Gasteiger partial charge >= 0.3 is 0 Å². The van der Waals surface area contributed by atoms with Crippen LogP contribution >= 0.6 is 22.6 Å². The minimum atomic E-state index is 0.476. The zero-order chi connectivity index (χ0) is 7.68. The van der Waals surface area contributed by atoms with E-state index < -0.39 is 0 Å². The summed E-state index contributed by atoms with van der Waals surface area (Å²) in [6, 6.07) is 8.98. The van der Waals surface area contributed by atoms with Crippen molar-refractivity contribution in [1.29, 1.82) is 0 Å². The maximum absolute atomic E-state index is 5.55. The Kier molecular flexibility index (Phi) is 2.02. The molecule has 1 fully saturated rings. The topological polar surface area (TPSA) is 9.23 Å². The molecular formula is C9H8IO. The minimum Gasteiger partial charge on any atom is -0.490 e. The first-order valence-corrected chi connectivity index (χ1v) is 4.76. The molecule has 11 heavy (non-hydrogen) atoms. The van der Waals surface area contributed by atoms with E-state index in [-0.39, 0.29) is 0 Å². The summed E-state index contributed by atoms with van der Waals surface area (Å²) in [5.74, 6) is 0.888. The Labute approximate surface area is 79.9 Å². The van der Waals surface area contributed by atoms with E-state index in [2.05, 4.69) is 28.7 Å². The molecule has 0 amide bonds. The van der Waals surface area contributed by atoms with Crippen LogP contribution in [0.15, 0.2) is 18.2 Å². The number of halogens is 1. The van der Waals surface area contributed by atoms with Gasteiger partial charge in [-0.1, -0.05) is 0 Å². The highest BCUT2D eigenvalue weighted by molar-refractivity contribution is 14.1. The largest absolute Gasteiger partial charge is 0.490 e. The SMILES string of the molecule is Ic1cc[c]c(OC2CC2)c1. The summed E-state index contributed by atoms with van der Waals surface area (Å²) in [4.78, 5) is 0. The maximum Gasteiger partial charge on any atom is 0.128 e. The molecule has 0 unspecified atom stereocenters. The van der Waals surface area contributed by atoms with E-state index in [0.717, 1.165) is 5.75 Å². The Bertz CT molecular complexity index is 255. The predicted octanol–water partition coefficient (Wildman–Crippen LogP) is 2.63. The van der Waals surface area contributed by atoms with Crippen molar-refractivity contribution in [2.24, 2.45) is 0 Å². The molecular weight excluding hydrogens is 251 g/mol. The third kappa shape index (κ3) is 2.09. The van der Waals surface area contributed by atoms with Crippen LogP contribution < -0.4 is 4.74 Å². The summed E-state index contributed by atoms with van der Waals surface area (Å²) in [7, 11) is 0. The quantitative estimate of drug-likeness (QED) is 0.742. The van der Waals surface area contributed by atoms with Crippen molar-refractivity contribution in [3.8, 4) is 5.75 Å². The molecule has 1 aliphatic carbocycles. The van der Waals surface area contributed by atoms with E-state index in [4.69, 9.17) is 4.74 Å². The van der Waals surface area contributed by atoms with Gasteiger partial charge in [-0.3, -0.25) is 0 Å². The summed E-state index contributed by atoms with van der Waals surface area (Å²) in [5.41, 5.74) is 0. The van der Waals surface area contributed by atoms with Gasteiger partial charge < -0.3 is 4.74 Å². The zero-order valence-corrected chi connectivity index (χ0v) is 8.17. The molecule has 1 saturated carbocycles. The van der Waals surface area contributed by atoms with Gasteiger partial charge in [-0.15, -0.1) is 0 Å². The summed E-state index contributed by atoms with van der Waals surface area (Å²) >= 11 is 2.27. The normalized spacial score (nSPS) is 16.5. The molecule has 0 atom stereocenters. The molecule has 2 rings (SSSR count). The molecule has 1 radical (unpaired) electrons. The highest BCUT2D eigenvalue weighted by Gasteiger charge is 2.23. The van der Waals surface area contributed by atoms with Crippen LogP contribution in [-0.2, 0) is 0 Å². The molecule has 0 bridgehead atoms. The second kappa shape index (κ2) is 3.01. The van der Waals surface area contributed by atoms with Crippen molar-refractivity contribution in [3.05, 3.63) is 27.8 Å². The van der Waals surface area contributed by atoms with E-state index in [1.54, 1.807) is 0 Å². The molecule has 0 aromatic heterocycles. The number of hydrogen-bond acceptors (Lipinski definition) is 1. The molecule has 1 aromatic rings. The first-order valence-electron chi connectivity index (χ1n) is 3.68. The minimum absolute atomic E-state index is 0.476. The van der Waals surface area contributed by atoms with E-state index in [1.165, 1.54) is 16.4 Å². The fourth-order valence-corrected chi connectivity index (χ4v) is 1.31. The van der Waals surface area contributed by atoms with Gasteiger partial charge in [0.05, 0.1) is 6.10 Å². The molecule has 1 aliphatic rings. The Morgan fingerprint density at radius 1 is 1.55 bits per heavy atom. The number of benzene rings is 1. The van der Waals surface area contributed by atoms with Crippen molar-refractivity contribution in [2.75, 3.05) is 0 Å². The molecule has 0 spiro atoms. The first kappa shape index (κ1) is 7.40. The van der Waals surface area contributed by atoms with Crippen LogP contribution in [0.2, 0.25) is 0 Å². The lowest BCUT2D eigenvalue weighted by Gasteiger charge is -2.02. The monoisotopic (exact) mass is 259 g/mol. The Morgan fingerprint density at radius 2 is 2.36 bits per heavy atom. The standard InChI is InChI=1S/C9H8IO/c10-7-2-1-3-9(6-7)11-8-4-5-8/h1-2,6,8H,4-5H2. The van der Waals surface area contributed by atoms with Crippen LogP contribution in [0.3, 0.4) is 0 Å². The number of ether oxygens (including phenoxy) is 1. The van der Waals surface area contributed by atoms with Gasteiger partial charge in [-0.2, -0.15) is 0 Å². The van der Waals surface area contributed by atoms with E-state index in [0.29, 0.717) is 6.10 Å². The van der Waals surface area contributed by atoms with Crippen LogP contribution in [0.4, 0.5) is 0 Å². The Hall–Kier alpha value is -0.250. The maximum atomic E-state index is 5.55. The van der Waals surface area contributed by atoms with E-state index in [1.807, 2.05) is 18.2 Å². The Morgan fingerprint density at radius 3 is 3.00 bits per heavy atom. The fourth-order valence-electron chi connectivity index (χ4n) is 0.852.